The van der Waals surface area contributed by atoms with Crippen LogP contribution in [0, 0.1) is 0 Å². The van der Waals surface area contributed by atoms with Crippen LogP contribution in [0.4, 0.5) is 0 Å². The first-order valence-electron chi connectivity index (χ1n) is 15.5. The molecule has 0 fully saturated rings. The number of carbonyl (C=O) groups is 3. The van der Waals surface area contributed by atoms with E-state index in [9.17, 15) is 14.4 Å². The summed E-state index contributed by atoms with van der Waals surface area (Å²) in [5.74, 6) is 0.622. The second-order valence-corrected chi connectivity index (χ2v) is 20.6. The van der Waals surface area contributed by atoms with Crippen LogP contribution in [0.3, 0.4) is 0 Å². The first-order chi connectivity index (χ1) is 22.0. The molecule has 3 aromatic carbocycles. The van der Waals surface area contributed by atoms with Gasteiger partial charge in [0.05, 0.1) is 0 Å². The molecule has 6 nitrogen and oxygen atoms in total. The minimum atomic E-state index is -5.01. The van der Waals surface area contributed by atoms with E-state index in [1.165, 1.54) is 35.3 Å². The van der Waals surface area contributed by atoms with E-state index in [0.717, 1.165) is 48.8 Å². The van der Waals surface area contributed by atoms with Crippen LogP contribution in [-0.4, -0.2) is 54.8 Å². The molecule has 0 heterocycles. The van der Waals surface area contributed by atoms with Crippen molar-refractivity contribution in [3.63, 3.8) is 0 Å². The van der Waals surface area contributed by atoms with E-state index in [1.807, 2.05) is 91.0 Å². The van der Waals surface area contributed by atoms with E-state index in [-0.39, 0.29) is 17.3 Å². The van der Waals surface area contributed by atoms with Gasteiger partial charge in [0.25, 0.3) is 0 Å². The SMILES string of the molecule is CCCCCCC[CH2][Sn]([O]C(=O)CSCc1ccccc1)([O]C(=O)CSCc1ccccc1)[O]C(=O)CSCc1ccccc1. The summed E-state index contributed by atoms with van der Waals surface area (Å²) < 4.78 is 18.4. The number of benzene rings is 3. The Bertz CT molecular complexity index is 1120. The van der Waals surface area contributed by atoms with Crippen molar-refractivity contribution in [2.75, 3.05) is 17.3 Å². The van der Waals surface area contributed by atoms with Gasteiger partial charge in [-0.15, -0.1) is 0 Å². The van der Waals surface area contributed by atoms with Gasteiger partial charge in [0.1, 0.15) is 0 Å². The monoisotopic (exact) mass is 776 g/mol. The molecule has 0 saturated carbocycles. The Morgan fingerprint density at radius 2 is 0.844 bits per heavy atom. The first-order valence-corrected chi connectivity index (χ1v) is 24.5. The van der Waals surface area contributed by atoms with Gasteiger partial charge in [-0.25, -0.2) is 0 Å². The molecule has 45 heavy (non-hydrogen) atoms. The third-order valence-corrected chi connectivity index (χ3v) is 16.9. The third kappa shape index (κ3) is 16.3. The van der Waals surface area contributed by atoms with Gasteiger partial charge in [-0.1, -0.05) is 0 Å². The molecule has 0 bridgehead atoms. The van der Waals surface area contributed by atoms with Gasteiger partial charge in [-0.2, -0.15) is 0 Å². The molecule has 10 heteroatoms. The van der Waals surface area contributed by atoms with Crippen LogP contribution in [-0.2, 0) is 40.9 Å². The zero-order chi connectivity index (χ0) is 32.0. The standard InChI is InChI=1S/3C9H10O2S.C8H17.Sn/c3*10-9(11)7-12-6-8-4-2-1-3-5-8;1-3-5-7-8-6-4-2;/h3*1-5H,6-7H2,(H,10,11);1,3-8H2,2H3;/q;;;;+3/p-3. The topological polar surface area (TPSA) is 78.9 Å². The van der Waals surface area contributed by atoms with Crippen LogP contribution in [0.25, 0.3) is 0 Å². The van der Waals surface area contributed by atoms with Gasteiger partial charge in [0.2, 0.25) is 0 Å². The first kappa shape index (κ1) is 37.4. The van der Waals surface area contributed by atoms with Crippen LogP contribution in [0.2, 0.25) is 4.44 Å². The van der Waals surface area contributed by atoms with Crippen molar-refractivity contribution in [3.8, 4) is 0 Å². The molecule has 0 saturated heterocycles. The summed E-state index contributed by atoms with van der Waals surface area (Å²) in [5.41, 5.74) is 3.29. The normalized spacial score (nSPS) is 11.1. The van der Waals surface area contributed by atoms with Crippen molar-refractivity contribution in [2.45, 2.75) is 67.1 Å². The van der Waals surface area contributed by atoms with Crippen molar-refractivity contribution in [1.29, 1.82) is 0 Å². The predicted octanol–water partition coefficient (Wildman–Crippen LogP) is 8.72. The van der Waals surface area contributed by atoms with Crippen LogP contribution in [0.1, 0.15) is 62.1 Å². The Hall–Kier alpha value is -2.08. The number of hydrogen-bond donors (Lipinski definition) is 0. The van der Waals surface area contributed by atoms with Gasteiger partial charge in [0, 0.05) is 0 Å². The number of rotatable bonds is 22. The van der Waals surface area contributed by atoms with Crippen LogP contribution < -0.4 is 0 Å². The molecule has 0 aromatic heterocycles. The number of thioether (sulfide) groups is 3. The van der Waals surface area contributed by atoms with E-state index < -0.39 is 37.5 Å². The maximum absolute atomic E-state index is 13.2. The zero-order valence-electron chi connectivity index (χ0n) is 26.0. The Labute approximate surface area is 286 Å². The van der Waals surface area contributed by atoms with Crippen molar-refractivity contribution < 1.29 is 23.6 Å². The summed E-state index contributed by atoms with van der Waals surface area (Å²) in [6.07, 6.45) is 5.99. The second kappa shape index (κ2) is 22.4. The molecule has 0 spiro atoms. The van der Waals surface area contributed by atoms with Gasteiger partial charge >= 0.3 is 289 Å². The fourth-order valence-electron chi connectivity index (χ4n) is 4.43. The summed E-state index contributed by atoms with van der Waals surface area (Å²) in [6, 6.07) is 29.6. The van der Waals surface area contributed by atoms with Crippen molar-refractivity contribution in [3.05, 3.63) is 108 Å². The zero-order valence-corrected chi connectivity index (χ0v) is 31.3. The molecule has 3 rings (SSSR count). The number of hydrogen-bond acceptors (Lipinski definition) is 9. The molecule has 0 atom stereocenters. The molecular weight excluding hydrogens is 731 g/mol. The summed E-state index contributed by atoms with van der Waals surface area (Å²) >= 11 is -0.744. The summed E-state index contributed by atoms with van der Waals surface area (Å²) in [6.45, 7) is 2.17. The van der Waals surface area contributed by atoms with E-state index >= 15 is 0 Å². The average molecular weight is 776 g/mol. The fraction of sp³-hybridized carbons (Fsp3) is 0.400. The molecule has 3 aromatic rings. The van der Waals surface area contributed by atoms with Gasteiger partial charge < -0.3 is 0 Å². The van der Waals surface area contributed by atoms with Crippen molar-refractivity contribution >= 4 is 72.8 Å². The third-order valence-electron chi connectivity index (χ3n) is 6.64. The molecule has 0 aliphatic carbocycles. The predicted molar refractivity (Wildman–Crippen MR) is 190 cm³/mol. The Morgan fingerprint density at radius 3 is 1.20 bits per heavy atom. The number of carbonyl (C=O) groups excluding carboxylic acids is 3. The molecule has 0 aliphatic rings. The van der Waals surface area contributed by atoms with Gasteiger partial charge in [0.15, 0.2) is 0 Å². The molecule has 0 aliphatic heterocycles. The maximum atomic E-state index is 13.2. The van der Waals surface area contributed by atoms with Crippen LogP contribution in [0.5, 0.6) is 0 Å². The summed E-state index contributed by atoms with van der Waals surface area (Å²) in [5, 5.41) is 0. The minimum absolute atomic E-state index is 0.0741. The molecule has 0 radical (unpaired) electrons. The van der Waals surface area contributed by atoms with E-state index in [4.69, 9.17) is 9.22 Å². The van der Waals surface area contributed by atoms with E-state index in [1.54, 1.807) is 0 Å². The fourth-order valence-corrected chi connectivity index (χ4v) is 14.4. The van der Waals surface area contributed by atoms with Crippen LogP contribution >= 0.6 is 35.3 Å². The summed E-state index contributed by atoms with van der Waals surface area (Å²) in [4.78, 5) is 39.6. The quantitative estimate of drug-likeness (QED) is 0.0736. The number of unbranched alkanes of at least 4 members (excludes halogenated alkanes) is 5. The Balaban J connectivity index is 1.68. The van der Waals surface area contributed by atoms with Gasteiger partial charge in [-0.05, 0) is 0 Å². The average Bonchev–Trinajstić information content (AvgIpc) is 3.04. The molecule has 0 unspecified atom stereocenters. The van der Waals surface area contributed by atoms with Crippen molar-refractivity contribution in [1.82, 2.24) is 0 Å². The van der Waals surface area contributed by atoms with E-state index in [0.29, 0.717) is 28.1 Å². The van der Waals surface area contributed by atoms with Gasteiger partial charge in [-0.3, -0.25) is 0 Å². The molecule has 0 amide bonds. The second-order valence-electron chi connectivity index (χ2n) is 10.6. The molecule has 0 N–H and O–H groups in total. The Kier molecular flexibility index (Phi) is 18.6. The van der Waals surface area contributed by atoms with Crippen LogP contribution in [0.15, 0.2) is 91.0 Å². The Morgan fingerprint density at radius 1 is 0.511 bits per heavy atom. The van der Waals surface area contributed by atoms with E-state index in [2.05, 4.69) is 6.92 Å². The van der Waals surface area contributed by atoms with Crippen molar-refractivity contribution in [2.24, 2.45) is 0 Å². The molecular formula is C35H44O6S3Sn. The molecule has 242 valence electrons. The summed E-state index contributed by atoms with van der Waals surface area (Å²) in [7, 11) is 0.